The number of hydrogen-bond acceptors (Lipinski definition) is 2. The zero-order valence-electron chi connectivity index (χ0n) is 9.70. The number of aromatic nitrogens is 2. The summed E-state index contributed by atoms with van der Waals surface area (Å²) >= 11 is 0. The third-order valence-corrected chi connectivity index (χ3v) is 2.73. The molecule has 2 N–H and O–H groups in total. The first kappa shape index (κ1) is 12.6. The van der Waals surface area contributed by atoms with E-state index in [1.165, 1.54) is 17.1 Å². The van der Waals surface area contributed by atoms with Gasteiger partial charge in [0.15, 0.2) is 17.5 Å². The summed E-state index contributed by atoms with van der Waals surface area (Å²) in [6.07, 6.45) is 3.56. The molecule has 0 saturated heterocycles. The molecule has 1 heterocycles. The summed E-state index contributed by atoms with van der Waals surface area (Å²) in [5, 5.41) is 0. The van der Waals surface area contributed by atoms with Gasteiger partial charge in [0.1, 0.15) is 0 Å². The lowest BCUT2D eigenvalue weighted by molar-refractivity contribution is 0.446. The molecule has 0 aliphatic rings. The van der Waals surface area contributed by atoms with Gasteiger partial charge in [-0.15, -0.1) is 0 Å². The van der Waals surface area contributed by atoms with Crippen molar-refractivity contribution < 1.29 is 13.2 Å². The molecule has 2 aromatic rings. The van der Waals surface area contributed by atoms with Crippen LogP contribution in [0.5, 0.6) is 0 Å². The molecule has 0 radical (unpaired) electrons. The Hall–Kier alpha value is -1.82. The number of imidazole rings is 1. The molecule has 1 aromatic heterocycles. The van der Waals surface area contributed by atoms with Crippen LogP contribution < -0.4 is 5.73 Å². The zero-order valence-corrected chi connectivity index (χ0v) is 9.70. The number of nitrogens with zero attached hydrogens (tertiary/aromatic N) is 2. The van der Waals surface area contributed by atoms with Gasteiger partial charge < -0.3 is 10.3 Å². The van der Waals surface area contributed by atoms with Gasteiger partial charge >= 0.3 is 0 Å². The molecular weight excluding hydrogens is 243 g/mol. The highest BCUT2D eigenvalue weighted by atomic mass is 19.2. The lowest BCUT2D eigenvalue weighted by Gasteiger charge is -2.13. The van der Waals surface area contributed by atoms with E-state index in [-0.39, 0.29) is 11.7 Å². The highest BCUT2D eigenvalue weighted by Gasteiger charge is 2.15. The van der Waals surface area contributed by atoms with E-state index in [2.05, 4.69) is 4.98 Å². The van der Waals surface area contributed by atoms with Crippen molar-refractivity contribution in [1.82, 2.24) is 9.55 Å². The van der Waals surface area contributed by atoms with Gasteiger partial charge in [-0.25, -0.2) is 18.2 Å². The van der Waals surface area contributed by atoms with E-state index < -0.39 is 17.5 Å². The molecule has 0 unspecified atom stereocenters. The molecule has 0 amide bonds. The topological polar surface area (TPSA) is 43.8 Å². The quantitative estimate of drug-likeness (QED) is 0.857. The van der Waals surface area contributed by atoms with Crippen molar-refractivity contribution in [2.75, 3.05) is 0 Å². The van der Waals surface area contributed by atoms with Gasteiger partial charge in [0.25, 0.3) is 0 Å². The first-order valence-corrected chi connectivity index (χ1v) is 5.47. The fourth-order valence-electron chi connectivity index (χ4n) is 1.69. The average Bonchev–Trinajstić information content (AvgIpc) is 2.83. The largest absolute Gasteiger partial charge is 0.323 e. The Bertz CT molecular complexity index is 542. The summed E-state index contributed by atoms with van der Waals surface area (Å²) in [4.78, 5) is 3.89. The number of hydrogen-bond donors (Lipinski definition) is 1. The third-order valence-electron chi connectivity index (χ3n) is 2.73. The van der Waals surface area contributed by atoms with Crippen LogP contribution in [0.3, 0.4) is 0 Å². The molecule has 1 aromatic carbocycles. The molecule has 6 heteroatoms. The Kier molecular flexibility index (Phi) is 3.38. The van der Waals surface area contributed by atoms with Crippen LogP contribution in [0.4, 0.5) is 13.2 Å². The summed E-state index contributed by atoms with van der Waals surface area (Å²) in [7, 11) is 0. The molecule has 0 fully saturated rings. The molecule has 0 bridgehead atoms. The zero-order chi connectivity index (χ0) is 13.3. The van der Waals surface area contributed by atoms with Gasteiger partial charge in [0, 0.05) is 18.2 Å². The lowest BCUT2D eigenvalue weighted by Crippen LogP contribution is -2.13. The Labute approximate surface area is 102 Å². The lowest BCUT2D eigenvalue weighted by atomic mass is 10.1. The molecule has 18 heavy (non-hydrogen) atoms. The van der Waals surface area contributed by atoms with E-state index in [1.54, 1.807) is 0 Å². The van der Waals surface area contributed by atoms with Crippen molar-refractivity contribution in [1.29, 1.82) is 0 Å². The van der Waals surface area contributed by atoms with E-state index >= 15 is 0 Å². The number of nitrogens with two attached hydrogens (primary N) is 1. The summed E-state index contributed by atoms with van der Waals surface area (Å²) in [6.45, 7) is 1.88. The fourth-order valence-corrected chi connectivity index (χ4v) is 1.69. The molecule has 0 aliphatic heterocycles. The number of halogens is 3. The molecule has 2 rings (SSSR count). The Morgan fingerprint density at radius 3 is 2.44 bits per heavy atom. The Morgan fingerprint density at radius 2 is 1.89 bits per heavy atom. The summed E-state index contributed by atoms with van der Waals surface area (Å²) in [6, 6.07) is 1.52. The molecule has 0 spiro atoms. The van der Waals surface area contributed by atoms with E-state index in [0.29, 0.717) is 12.1 Å². The monoisotopic (exact) mass is 255 g/mol. The maximum Gasteiger partial charge on any atom is 0.194 e. The van der Waals surface area contributed by atoms with Gasteiger partial charge in [-0.1, -0.05) is 6.92 Å². The second-order valence-electron chi connectivity index (χ2n) is 3.93. The van der Waals surface area contributed by atoms with Crippen LogP contribution in [-0.4, -0.2) is 9.55 Å². The molecule has 0 saturated carbocycles. The van der Waals surface area contributed by atoms with Crippen molar-refractivity contribution in [2.45, 2.75) is 19.4 Å². The van der Waals surface area contributed by atoms with Crippen LogP contribution in [0.15, 0.2) is 24.7 Å². The predicted molar refractivity (Wildman–Crippen MR) is 60.7 cm³/mol. The van der Waals surface area contributed by atoms with Crippen LogP contribution >= 0.6 is 0 Å². The van der Waals surface area contributed by atoms with Gasteiger partial charge in [0.05, 0.1) is 23.9 Å². The SMILES string of the molecule is CC[C@@H](N)c1cncn1-c1cc(F)c(F)c(F)c1. The smallest absolute Gasteiger partial charge is 0.194 e. The highest BCUT2D eigenvalue weighted by molar-refractivity contribution is 5.36. The minimum Gasteiger partial charge on any atom is -0.323 e. The first-order valence-electron chi connectivity index (χ1n) is 5.47. The van der Waals surface area contributed by atoms with Crippen LogP contribution in [0.25, 0.3) is 5.69 Å². The molecule has 96 valence electrons. The fraction of sp³-hybridized carbons (Fsp3) is 0.250. The van der Waals surface area contributed by atoms with Crippen molar-refractivity contribution in [3.05, 3.63) is 47.8 Å². The van der Waals surface area contributed by atoms with E-state index in [9.17, 15) is 13.2 Å². The van der Waals surface area contributed by atoms with Crippen LogP contribution in [-0.2, 0) is 0 Å². The molecule has 1 atom stereocenters. The van der Waals surface area contributed by atoms with Crippen molar-refractivity contribution in [3.8, 4) is 5.69 Å². The van der Waals surface area contributed by atoms with Crippen molar-refractivity contribution >= 4 is 0 Å². The molecule has 0 aliphatic carbocycles. The second-order valence-corrected chi connectivity index (χ2v) is 3.93. The maximum absolute atomic E-state index is 13.2. The summed E-state index contributed by atoms with van der Waals surface area (Å²) < 4.78 is 40.7. The normalized spacial score (nSPS) is 12.7. The number of benzene rings is 1. The van der Waals surface area contributed by atoms with Crippen LogP contribution in [0.1, 0.15) is 25.1 Å². The standard InChI is InChI=1S/C12H12F3N3/c1-2-10(16)11-5-17-6-18(11)7-3-8(13)12(15)9(14)4-7/h3-6,10H,2,16H2,1H3/t10-/m1/s1. The average molecular weight is 255 g/mol. The van der Waals surface area contributed by atoms with E-state index in [0.717, 1.165) is 12.1 Å². The first-order chi connectivity index (χ1) is 8.54. The minimum absolute atomic E-state index is 0.155. The third kappa shape index (κ3) is 2.11. The van der Waals surface area contributed by atoms with Gasteiger partial charge in [-0.2, -0.15) is 0 Å². The maximum atomic E-state index is 13.2. The predicted octanol–water partition coefficient (Wildman–Crippen LogP) is 2.70. The molecule has 3 nitrogen and oxygen atoms in total. The minimum atomic E-state index is -1.49. The van der Waals surface area contributed by atoms with Crippen LogP contribution in [0.2, 0.25) is 0 Å². The van der Waals surface area contributed by atoms with Crippen LogP contribution in [0, 0.1) is 17.5 Å². The Balaban J connectivity index is 2.53. The van der Waals surface area contributed by atoms with Crippen molar-refractivity contribution in [3.63, 3.8) is 0 Å². The number of rotatable bonds is 3. The van der Waals surface area contributed by atoms with Gasteiger partial charge in [-0.05, 0) is 6.42 Å². The van der Waals surface area contributed by atoms with Gasteiger partial charge in [0.2, 0.25) is 0 Å². The highest BCUT2D eigenvalue weighted by Crippen LogP contribution is 2.21. The summed E-state index contributed by atoms with van der Waals surface area (Å²) in [5.74, 6) is -3.97. The second kappa shape index (κ2) is 4.81. The summed E-state index contributed by atoms with van der Waals surface area (Å²) in [5.41, 5.74) is 6.63. The van der Waals surface area contributed by atoms with E-state index in [1.807, 2.05) is 6.92 Å². The molecular formula is C12H12F3N3. The van der Waals surface area contributed by atoms with E-state index in [4.69, 9.17) is 5.73 Å². The van der Waals surface area contributed by atoms with Gasteiger partial charge in [-0.3, -0.25) is 0 Å². The Morgan fingerprint density at radius 1 is 1.28 bits per heavy atom. The van der Waals surface area contributed by atoms with Crippen molar-refractivity contribution in [2.24, 2.45) is 5.73 Å².